The van der Waals surface area contributed by atoms with E-state index in [0.29, 0.717) is 59.2 Å². The van der Waals surface area contributed by atoms with Gasteiger partial charge in [0.25, 0.3) is 0 Å². The molecule has 1 N–H and O–H groups in total. The minimum Gasteiger partial charge on any atom is -0.448 e. The fraction of sp³-hybridized carbons (Fsp3) is 0.435. The number of amides is 1. The van der Waals surface area contributed by atoms with E-state index in [1.165, 1.54) is 30.1 Å². The zero-order valence-corrected chi connectivity index (χ0v) is 21.3. The Morgan fingerprint density at radius 1 is 1.56 bits per heavy atom. The van der Waals surface area contributed by atoms with Gasteiger partial charge in [0.15, 0.2) is 12.1 Å². The number of aliphatic imine (C=N–C) groups is 2. The average molecular weight is 553 g/mol. The molecule has 2 saturated heterocycles. The third kappa shape index (κ3) is 4.66. The molecule has 2 fully saturated rings. The van der Waals surface area contributed by atoms with E-state index in [2.05, 4.69) is 27.5 Å². The number of rotatable bonds is 7. The zero-order chi connectivity index (χ0) is 24.4. The van der Waals surface area contributed by atoms with Crippen LogP contribution in [0, 0.1) is 5.82 Å². The maximum Gasteiger partial charge on any atom is 0.410 e. The van der Waals surface area contributed by atoms with Gasteiger partial charge in [-0.3, -0.25) is 9.89 Å². The molecule has 3 heterocycles. The van der Waals surface area contributed by atoms with Crippen molar-refractivity contribution in [3.05, 3.63) is 58.1 Å². The molecule has 4 rings (SSSR count). The molecule has 182 valence electrons. The summed E-state index contributed by atoms with van der Waals surface area (Å²) in [5, 5.41) is 11.7. The van der Waals surface area contributed by atoms with Crippen molar-refractivity contribution in [3.63, 3.8) is 0 Å². The van der Waals surface area contributed by atoms with Crippen molar-refractivity contribution in [1.82, 2.24) is 9.80 Å². The van der Waals surface area contributed by atoms with Crippen LogP contribution in [-0.4, -0.2) is 76.8 Å². The molecule has 1 aromatic carbocycles. The second kappa shape index (κ2) is 10.6. The highest BCUT2D eigenvalue weighted by molar-refractivity contribution is 9.10. The zero-order valence-electron chi connectivity index (χ0n) is 18.9. The Morgan fingerprint density at radius 3 is 2.97 bits per heavy atom. The van der Waals surface area contributed by atoms with E-state index >= 15 is 0 Å². The first-order valence-corrected chi connectivity index (χ1v) is 12.9. The van der Waals surface area contributed by atoms with Crippen LogP contribution in [-0.2, 0) is 9.47 Å². The molecule has 1 unspecified atom stereocenters. The number of carbonyl (C=O) groups excluding carboxylic acids is 1. The summed E-state index contributed by atoms with van der Waals surface area (Å²) in [6.07, 6.45) is 2.26. The van der Waals surface area contributed by atoms with Crippen molar-refractivity contribution in [3.8, 4) is 0 Å². The normalized spacial score (nSPS) is 23.7. The van der Waals surface area contributed by atoms with Crippen molar-refractivity contribution in [1.29, 1.82) is 0 Å². The van der Waals surface area contributed by atoms with Crippen LogP contribution in [0.25, 0.3) is 0 Å². The first-order valence-electron chi connectivity index (χ1n) is 10.9. The van der Waals surface area contributed by atoms with Gasteiger partial charge in [-0.25, -0.2) is 14.2 Å². The number of thioether (sulfide) groups is 1. The maximum atomic E-state index is 13.9. The lowest BCUT2D eigenvalue weighted by Gasteiger charge is -2.35. The van der Waals surface area contributed by atoms with Crippen LogP contribution in [0.15, 0.2) is 56.7 Å². The van der Waals surface area contributed by atoms with E-state index in [0.717, 1.165) is 5.70 Å². The number of fused-ring (bicyclic) bond motifs is 1. The number of aliphatic hydroxyl groups excluding tert-OH is 1. The van der Waals surface area contributed by atoms with Crippen molar-refractivity contribution in [2.45, 2.75) is 31.7 Å². The summed E-state index contributed by atoms with van der Waals surface area (Å²) < 4.78 is 25.2. The van der Waals surface area contributed by atoms with Gasteiger partial charge < -0.3 is 19.5 Å². The SMILES string of the molecule is C=CN=C(SC)C1=N[C@@H](c2ccc(F)cc2Br)C(C(O)OCC)=C2C[C@H](N3CCOC3=O)CN12. The predicted octanol–water partition coefficient (Wildman–Crippen LogP) is 4.08. The monoisotopic (exact) mass is 552 g/mol. The van der Waals surface area contributed by atoms with E-state index in [9.17, 15) is 14.3 Å². The summed E-state index contributed by atoms with van der Waals surface area (Å²) in [6.45, 7) is 7.14. The molecular weight excluding hydrogens is 527 g/mol. The largest absolute Gasteiger partial charge is 0.448 e. The summed E-state index contributed by atoms with van der Waals surface area (Å²) in [5.74, 6) is 0.217. The molecule has 0 saturated carbocycles. The molecule has 8 nitrogen and oxygen atoms in total. The van der Waals surface area contributed by atoms with Gasteiger partial charge >= 0.3 is 6.09 Å². The van der Waals surface area contributed by atoms with Gasteiger partial charge in [0.1, 0.15) is 23.5 Å². The fourth-order valence-electron chi connectivity index (χ4n) is 4.51. The number of hydrogen-bond acceptors (Lipinski definition) is 8. The smallest absolute Gasteiger partial charge is 0.410 e. The summed E-state index contributed by atoms with van der Waals surface area (Å²) >= 11 is 4.88. The molecule has 1 amide bonds. The molecule has 0 aliphatic carbocycles. The number of amidine groups is 1. The van der Waals surface area contributed by atoms with E-state index in [1.54, 1.807) is 17.9 Å². The summed E-state index contributed by atoms with van der Waals surface area (Å²) in [6, 6.07) is 3.57. The Bertz CT molecular complexity index is 1080. The van der Waals surface area contributed by atoms with Crippen LogP contribution in [0.5, 0.6) is 0 Å². The van der Waals surface area contributed by atoms with Crippen LogP contribution >= 0.6 is 27.7 Å². The van der Waals surface area contributed by atoms with E-state index in [4.69, 9.17) is 14.5 Å². The molecule has 11 heteroatoms. The van der Waals surface area contributed by atoms with Crippen molar-refractivity contribution in [2.24, 2.45) is 9.98 Å². The van der Waals surface area contributed by atoms with E-state index < -0.39 is 12.3 Å². The minimum absolute atomic E-state index is 0.165. The van der Waals surface area contributed by atoms with Crippen molar-refractivity contribution < 1.29 is 23.8 Å². The lowest BCUT2D eigenvalue weighted by molar-refractivity contribution is -0.0719. The highest BCUT2D eigenvalue weighted by Crippen LogP contribution is 2.44. The Balaban J connectivity index is 1.88. The third-order valence-electron chi connectivity index (χ3n) is 5.96. The Kier molecular flexibility index (Phi) is 7.76. The number of carbonyl (C=O) groups is 1. The van der Waals surface area contributed by atoms with Crippen LogP contribution in [0.2, 0.25) is 0 Å². The molecule has 0 bridgehead atoms. The summed E-state index contributed by atoms with van der Waals surface area (Å²) in [7, 11) is 0. The van der Waals surface area contributed by atoms with Gasteiger partial charge in [0, 0.05) is 41.5 Å². The topological polar surface area (TPSA) is 87.0 Å². The molecular formula is C23H26BrFN4O4S. The van der Waals surface area contributed by atoms with Crippen LogP contribution in [0.1, 0.15) is 24.9 Å². The number of hydrogen-bond donors (Lipinski definition) is 1. The average Bonchev–Trinajstić information content (AvgIpc) is 3.42. The highest BCUT2D eigenvalue weighted by atomic mass is 79.9. The van der Waals surface area contributed by atoms with Crippen molar-refractivity contribution in [2.75, 3.05) is 32.6 Å². The number of aliphatic hydroxyl groups is 1. The molecule has 3 aliphatic rings. The molecule has 3 aliphatic heterocycles. The Labute approximate surface area is 210 Å². The second-order valence-corrected chi connectivity index (χ2v) is 9.48. The molecule has 0 spiro atoms. The molecule has 3 atom stereocenters. The third-order valence-corrected chi connectivity index (χ3v) is 7.32. The van der Waals surface area contributed by atoms with Crippen LogP contribution in [0.3, 0.4) is 0 Å². The number of nitrogens with zero attached hydrogens (tertiary/aromatic N) is 4. The number of benzene rings is 1. The van der Waals surface area contributed by atoms with Crippen molar-refractivity contribution >= 4 is 44.7 Å². The van der Waals surface area contributed by atoms with Gasteiger partial charge in [-0.15, -0.1) is 11.8 Å². The second-order valence-electron chi connectivity index (χ2n) is 7.83. The van der Waals surface area contributed by atoms with Crippen LogP contribution < -0.4 is 0 Å². The van der Waals surface area contributed by atoms with Gasteiger partial charge in [-0.2, -0.15) is 0 Å². The summed E-state index contributed by atoms with van der Waals surface area (Å²) in [4.78, 5) is 25.4. The Morgan fingerprint density at radius 2 is 2.35 bits per heavy atom. The van der Waals surface area contributed by atoms with Crippen LogP contribution in [0.4, 0.5) is 9.18 Å². The first kappa shape index (κ1) is 24.9. The van der Waals surface area contributed by atoms with Gasteiger partial charge in [0.05, 0.1) is 12.6 Å². The number of halogens is 2. The lowest BCUT2D eigenvalue weighted by atomic mass is 9.94. The van der Waals surface area contributed by atoms with Gasteiger partial charge in [-0.05, 0) is 30.9 Å². The molecule has 1 aromatic rings. The molecule has 34 heavy (non-hydrogen) atoms. The molecule has 0 aromatic heterocycles. The maximum absolute atomic E-state index is 13.9. The molecule has 0 radical (unpaired) electrons. The lowest BCUT2D eigenvalue weighted by Crippen LogP contribution is -2.42. The quantitative estimate of drug-likeness (QED) is 0.311. The standard InChI is InChI=1S/C23H26BrFN4O4S/c1-4-26-21(34-3)20-27-19(15-7-6-13(25)10-16(15)24)18(22(30)32-5-2)17-11-14(12-29(17)20)28-8-9-33-23(28)31/h4,6-7,10,14,19,22,30H,1,5,8-9,11-12H2,2-3H3/t14-,19-,22?/m0/s1. The minimum atomic E-state index is -1.23. The summed E-state index contributed by atoms with van der Waals surface area (Å²) in [5.41, 5.74) is 2.05. The number of cyclic esters (lactones) is 1. The van der Waals surface area contributed by atoms with E-state index in [-0.39, 0.29) is 18.0 Å². The Hall–Kier alpha value is -2.21. The van der Waals surface area contributed by atoms with Gasteiger partial charge in [-0.1, -0.05) is 28.6 Å². The fourth-order valence-corrected chi connectivity index (χ4v) is 5.61. The van der Waals surface area contributed by atoms with Gasteiger partial charge in [0.2, 0.25) is 0 Å². The highest BCUT2D eigenvalue weighted by Gasteiger charge is 2.45. The van der Waals surface area contributed by atoms with E-state index in [1.807, 2.05) is 11.2 Å². The first-order chi connectivity index (χ1) is 16.4. The predicted molar refractivity (Wildman–Crippen MR) is 133 cm³/mol. The number of ether oxygens (including phenoxy) is 2.